The minimum atomic E-state index is -0.524. The lowest BCUT2D eigenvalue weighted by molar-refractivity contribution is 0.142. The molecule has 0 amide bonds. The van der Waals surface area contributed by atoms with Gasteiger partial charge in [-0.2, -0.15) is 0 Å². The minimum absolute atomic E-state index is 0.244. The van der Waals surface area contributed by atoms with Gasteiger partial charge in [-0.05, 0) is 18.6 Å². The Bertz CT molecular complexity index is 277. The molecule has 1 aromatic rings. The van der Waals surface area contributed by atoms with Gasteiger partial charge in [0.1, 0.15) is 5.82 Å². The largest absolute Gasteiger partial charge is 0.392 e. The average molecular weight is 183 g/mol. The SMILES string of the molecule is CCC(O)C(C)c1ncccc1F. The Labute approximate surface area is 77.4 Å². The lowest BCUT2D eigenvalue weighted by Crippen LogP contribution is -2.16. The molecule has 0 aliphatic rings. The topological polar surface area (TPSA) is 33.1 Å². The molecule has 0 radical (unpaired) electrons. The van der Waals surface area contributed by atoms with Crippen LogP contribution in [0.5, 0.6) is 0 Å². The van der Waals surface area contributed by atoms with E-state index in [9.17, 15) is 9.50 Å². The van der Waals surface area contributed by atoms with E-state index in [-0.39, 0.29) is 11.7 Å². The molecule has 13 heavy (non-hydrogen) atoms. The van der Waals surface area contributed by atoms with Gasteiger partial charge in [0, 0.05) is 12.1 Å². The molecule has 1 aromatic heterocycles. The number of aliphatic hydroxyl groups is 1. The van der Waals surface area contributed by atoms with Gasteiger partial charge in [0.25, 0.3) is 0 Å². The third kappa shape index (κ3) is 2.25. The van der Waals surface area contributed by atoms with Crippen molar-refractivity contribution < 1.29 is 9.50 Å². The zero-order chi connectivity index (χ0) is 9.84. The first-order chi connectivity index (χ1) is 6.16. The van der Waals surface area contributed by atoms with E-state index in [2.05, 4.69) is 4.98 Å². The maximum absolute atomic E-state index is 13.2. The molecule has 0 spiro atoms. The van der Waals surface area contributed by atoms with Crippen LogP contribution in [0.3, 0.4) is 0 Å². The van der Waals surface area contributed by atoms with E-state index >= 15 is 0 Å². The van der Waals surface area contributed by atoms with Crippen molar-refractivity contribution in [2.75, 3.05) is 0 Å². The Morgan fingerprint density at radius 3 is 2.85 bits per heavy atom. The maximum Gasteiger partial charge on any atom is 0.145 e. The van der Waals surface area contributed by atoms with Crippen LogP contribution in [0.2, 0.25) is 0 Å². The summed E-state index contributed by atoms with van der Waals surface area (Å²) in [6.07, 6.45) is 1.62. The van der Waals surface area contributed by atoms with Crippen molar-refractivity contribution in [2.45, 2.75) is 32.3 Å². The van der Waals surface area contributed by atoms with Crippen LogP contribution >= 0.6 is 0 Å². The van der Waals surface area contributed by atoms with E-state index in [1.54, 1.807) is 13.0 Å². The first kappa shape index (κ1) is 10.1. The number of rotatable bonds is 3. The molecule has 2 unspecified atom stereocenters. The van der Waals surface area contributed by atoms with Gasteiger partial charge in [-0.15, -0.1) is 0 Å². The molecule has 2 atom stereocenters. The Morgan fingerprint density at radius 1 is 1.62 bits per heavy atom. The summed E-state index contributed by atoms with van der Waals surface area (Å²) < 4.78 is 13.2. The highest BCUT2D eigenvalue weighted by molar-refractivity contribution is 5.12. The van der Waals surface area contributed by atoms with Crippen molar-refractivity contribution in [1.82, 2.24) is 4.98 Å². The smallest absolute Gasteiger partial charge is 0.145 e. The number of aromatic nitrogens is 1. The summed E-state index contributed by atoms with van der Waals surface area (Å²) in [4.78, 5) is 3.91. The van der Waals surface area contributed by atoms with Crippen molar-refractivity contribution in [3.8, 4) is 0 Å². The zero-order valence-electron chi connectivity index (χ0n) is 7.87. The summed E-state index contributed by atoms with van der Waals surface area (Å²) in [5, 5.41) is 9.50. The number of aliphatic hydroxyl groups excluding tert-OH is 1. The van der Waals surface area contributed by atoms with Crippen molar-refractivity contribution in [3.05, 3.63) is 29.8 Å². The van der Waals surface area contributed by atoms with E-state index < -0.39 is 6.10 Å². The monoisotopic (exact) mass is 183 g/mol. The molecule has 0 bridgehead atoms. The lowest BCUT2D eigenvalue weighted by Gasteiger charge is -2.16. The molecule has 2 nitrogen and oxygen atoms in total. The Kier molecular flexibility index (Phi) is 3.37. The highest BCUT2D eigenvalue weighted by Crippen LogP contribution is 2.21. The Hall–Kier alpha value is -0.960. The summed E-state index contributed by atoms with van der Waals surface area (Å²) in [6.45, 7) is 3.64. The molecule has 1 N–H and O–H groups in total. The van der Waals surface area contributed by atoms with E-state index in [1.165, 1.54) is 12.3 Å². The van der Waals surface area contributed by atoms with Gasteiger partial charge in [-0.3, -0.25) is 4.98 Å². The second-order valence-corrected chi connectivity index (χ2v) is 3.13. The zero-order valence-corrected chi connectivity index (χ0v) is 7.87. The van der Waals surface area contributed by atoms with Gasteiger partial charge in [0.2, 0.25) is 0 Å². The van der Waals surface area contributed by atoms with E-state index in [1.807, 2.05) is 6.92 Å². The van der Waals surface area contributed by atoms with Gasteiger partial charge >= 0.3 is 0 Å². The quantitative estimate of drug-likeness (QED) is 0.778. The van der Waals surface area contributed by atoms with Crippen molar-refractivity contribution in [2.24, 2.45) is 0 Å². The molecule has 72 valence electrons. The van der Waals surface area contributed by atoms with Crippen LogP contribution in [0.15, 0.2) is 18.3 Å². The summed E-state index contributed by atoms with van der Waals surface area (Å²) >= 11 is 0. The fourth-order valence-corrected chi connectivity index (χ4v) is 1.27. The second kappa shape index (κ2) is 4.33. The standard InChI is InChI=1S/C10H14FNO/c1-3-9(13)7(2)10-8(11)5-4-6-12-10/h4-7,9,13H,3H2,1-2H3. The molecular weight excluding hydrogens is 169 g/mol. The van der Waals surface area contributed by atoms with Crippen LogP contribution in [0.1, 0.15) is 31.9 Å². The summed E-state index contributed by atoms with van der Waals surface area (Å²) in [6, 6.07) is 2.91. The second-order valence-electron chi connectivity index (χ2n) is 3.13. The van der Waals surface area contributed by atoms with Crippen molar-refractivity contribution in [3.63, 3.8) is 0 Å². The molecule has 0 aliphatic heterocycles. The lowest BCUT2D eigenvalue weighted by atomic mass is 9.98. The molecule has 1 rings (SSSR count). The van der Waals surface area contributed by atoms with Gasteiger partial charge in [-0.25, -0.2) is 4.39 Å². The predicted octanol–water partition coefficient (Wildman–Crippen LogP) is 2.10. The van der Waals surface area contributed by atoms with Gasteiger partial charge in [-0.1, -0.05) is 13.8 Å². The van der Waals surface area contributed by atoms with Crippen LogP contribution < -0.4 is 0 Å². The molecule has 1 heterocycles. The number of nitrogens with zero attached hydrogens (tertiary/aromatic N) is 1. The molecule has 0 aromatic carbocycles. The Morgan fingerprint density at radius 2 is 2.31 bits per heavy atom. The molecule has 3 heteroatoms. The first-order valence-electron chi connectivity index (χ1n) is 4.45. The van der Waals surface area contributed by atoms with Crippen LogP contribution in [-0.4, -0.2) is 16.2 Å². The van der Waals surface area contributed by atoms with Gasteiger partial charge in [0.05, 0.1) is 11.8 Å². The Balaban J connectivity index is 2.88. The molecular formula is C10H14FNO. The molecule has 0 saturated heterocycles. The third-order valence-corrected chi connectivity index (χ3v) is 2.21. The molecule has 0 saturated carbocycles. The molecule has 0 fully saturated rings. The van der Waals surface area contributed by atoms with E-state index in [0.717, 1.165) is 0 Å². The van der Waals surface area contributed by atoms with Crippen LogP contribution in [0, 0.1) is 5.82 Å². The van der Waals surface area contributed by atoms with Gasteiger partial charge < -0.3 is 5.11 Å². The van der Waals surface area contributed by atoms with Crippen molar-refractivity contribution in [1.29, 1.82) is 0 Å². The van der Waals surface area contributed by atoms with Crippen LogP contribution in [-0.2, 0) is 0 Å². The number of halogens is 1. The summed E-state index contributed by atoms with van der Waals surface area (Å²) in [5.74, 6) is -0.589. The number of hydrogen-bond acceptors (Lipinski definition) is 2. The molecule has 0 aliphatic carbocycles. The van der Waals surface area contributed by atoms with E-state index in [4.69, 9.17) is 0 Å². The summed E-state index contributed by atoms with van der Waals surface area (Å²) in [5.41, 5.74) is 0.344. The highest BCUT2D eigenvalue weighted by atomic mass is 19.1. The number of pyridine rings is 1. The normalized spacial score (nSPS) is 15.4. The fraction of sp³-hybridized carbons (Fsp3) is 0.500. The summed E-state index contributed by atoms with van der Waals surface area (Å²) in [7, 11) is 0. The van der Waals surface area contributed by atoms with Gasteiger partial charge in [0.15, 0.2) is 0 Å². The predicted molar refractivity (Wildman–Crippen MR) is 48.9 cm³/mol. The number of hydrogen-bond donors (Lipinski definition) is 1. The van der Waals surface area contributed by atoms with E-state index in [0.29, 0.717) is 12.1 Å². The van der Waals surface area contributed by atoms with Crippen LogP contribution in [0.4, 0.5) is 4.39 Å². The minimum Gasteiger partial charge on any atom is -0.392 e. The first-order valence-corrected chi connectivity index (χ1v) is 4.45. The highest BCUT2D eigenvalue weighted by Gasteiger charge is 2.18. The average Bonchev–Trinajstić information content (AvgIpc) is 2.16. The third-order valence-electron chi connectivity index (χ3n) is 2.21. The fourth-order valence-electron chi connectivity index (χ4n) is 1.27. The van der Waals surface area contributed by atoms with Crippen LogP contribution in [0.25, 0.3) is 0 Å². The maximum atomic E-state index is 13.2. The van der Waals surface area contributed by atoms with Crippen molar-refractivity contribution >= 4 is 0 Å².